The van der Waals surface area contributed by atoms with Crippen molar-refractivity contribution in [2.24, 2.45) is 5.73 Å². The van der Waals surface area contributed by atoms with Gasteiger partial charge in [0, 0.05) is 33.2 Å². The largest absolute Gasteiger partial charge is 0.489 e. The van der Waals surface area contributed by atoms with Crippen molar-refractivity contribution in [3.63, 3.8) is 0 Å². The third-order valence-corrected chi connectivity index (χ3v) is 7.42. The Bertz CT molecular complexity index is 1920. The van der Waals surface area contributed by atoms with Crippen LogP contribution in [-0.2, 0) is 6.61 Å². The fraction of sp³-hybridized carbons (Fsp3) is 0.0909. The highest BCUT2D eigenvalue weighted by molar-refractivity contribution is 6.31. The Hall–Kier alpha value is -5.26. The van der Waals surface area contributed by atoms with Crippen LogP contribution in [-0.4, -0.2) is 5.97 Å². The van der Waals surface area contributed by atoms with E-state index in [0.717, 1.165) is 11.1 Å². The molecule has 9 heteroatoms. The average Bonchev–Trinajstić information content (AvgIpc) is 3.31. The van der Waals surface area contributed by atoms with Crippen molar-refractivity contribution in [3.8, 4) is 23.3 Å². The first-order valence-corrected chi connectivity index (χ1v) is 13.3. The van der Waals surface area contributed by atoms with Gasteiger partial charge >= 0.3 is 5.97 Å². The summed E-state index contributed by atoms with van der Waals surface area (Å²) in [6, 6.07) is 25.8. The Morgan fingerprint density at radius 2 is 1.81 bits per heavy atom. The zero-order valence-electron chi connectivity index (χ0n) is 22.2. The minimum atomic E-state index is -0.745. The van der Waals surface area contributed by atoms with Crippen molar-refractivity contribution in [3.05, 3.63) is 135 Å². The number of furan rings is 1. The molecular formula is C33H22ClFN2O5. The molecule has 208 valence electrons. The van der Waals surface area contributed by atoms with Crippen LogP contribution in [0.25, 0.3) is 11.0 Å². The first-order chi connectivity index (χ1) is 20.3. The number of hydrogen-bond donors (Lipinski definition) is 1. The molecule has 1 unspecified atom stereocenters. The van der Waals surface area contributed by atoms with Gasteiger partial charge in [0.25, 0.3) is 0 Å². The van der Waals surface area contributed by atoms with E-state index in [1.54, 1.807) is 25.1 Å². The third-order valence-electron chi connectivity index (χ3n) is 7.05. The zero-order valence-corrected chi connectivity index (χ0v) is 22.9. The minimum Gasteiger partial charge on any atom is -0.489 e. The predicted octanol–water partition coefficient (Wildman–Crippen LogP) is 7.55. The van der Waals surface area contributed by atoms with Crippen LogP contribution in [0, 0.1) is 24.1 Å². The number of rotatable bonds is 6. The molecule has 1 atom stereocenters. The van der Waals surface area contributed by atoms with Gasteiger partial charge in [0.05, 0.1) is 5.92 Å². The highest BCUT2D eigenvalue weighted by Crippen LogP contribution is 2.44. The Labute approximate surface area is 245 Å². The van der Waals surface area contributed by atoms with Crippen molar-refractivity contribution >= 4 is 28.5 Å². The smallest absolute Gasteiger partial charge is 0.379 e. The number of fused-ring (bicyclic) bond motifs is 2. The second-order valence-corrected chi connectivity index (χ2v) is 10.1. The van der Waals surface area contributed by atoms with Crippen molar-refractivity contribution < 1.29 is 27.8 Å². The molecule has 0 bridgehead atoms. The third kappa shape index (κ3) is 5.02. The zero-order chi connectivity index (χ0) is 29.4. The molecule has 0 saturated heterocycles. The topological polar surface area (TPSA) is 108 Å². The summed E-state index contributed by atoms with van der Waals surface area (Å²) < 4.78 is 36.5. The molecule has 0 spiro atoms. The van der Waals surface area contributed by atoms with E-state index in [0.29, 0.717) is 45.2 Å². The van der Waals surface area contributed by atoms with E-state index in [1.807, 2.05) is 42.5 Å². The molecule has 0 radical (unpaired) electrons. The fourth-order valence-electron chi connectivity index (χ4n) is 4.92. The Kier molecular flexibility index (Phi) is 7.03. The summed E-state index contributed by atoms with van der Waals surface area (Å²) in [6.07, 6.45) is 0. The Morgan fingerprint density at radius 3 is 2.57 bits per heavy atom. The molecule has 1 aliphatic rings. The van der Waals surface area contributed by atoms with Crippen LogP contribution in [0.5, 0.6) is 17.2 Å². The molecule has 0 fully saturated rings. The van der Waals surface area contributed by atoms with E-state index in [-0.39, 0.29) is 23.0 Å². The lowest BCUT2D eigenvalue weighted by molar-refractivity contribution is 0.0702. The quantitative estimate of drug-likeness (QED) is 0.163. The molecule has 0 aliphatic carbocycles. The van der Waals surface area contributed by atoms with E-state index in [2.05, 4.69) is 6.07 Å². The maximum atomic E-state index is 13.7. The molecule has 6 rings (SSSR count). The normalized spacial score (nSPS) is 14.2. The van der Waals surface area contributed by atoms with Crippen LogP contribution >= 0.6 is 11.6 Å². The summed E-state index contributed by atoms with van der Waals surface area (Å²) >= 11 is 6.23. The van der Waals surface area contributed by atoms with Gasteiger partial charge in [0.1, 0.15) is 46.9 Å². The number of carbonyl (C=O) groups excluding carboxylic acids is 1. The molecule has 0 amide bonds. The summed E-state index contributed by atoms with van der Waals surface area (Å²) in [6.45, 7) is 1.96. The van der Waals surface area contributed by atoms with Gasteiger partial charge in [0.2, 0.25) is 11.6 Å². The molecule has 1 aromatic heterocycles. The predicted molar refractivity (Wildman–Crippen MR) is 154 cm³/mol. The van der Waals surface area contributed by atoms with Gasteiger partial charge in [-0.1, -0.05) is 48.0 Å². The highest BCUT2D eigenvalue weighted by atomic mass is 35.5. The highest BCUT2D eigenvalue weighted by Gasteiger charge is 2.31. The van der Waals surface area contributed by atoms with Crippen LogP contribution in [0.15, 0.2) is 101 Å². The van der Waals surface area contributed by atoms with E-state index in [1.165, 1.54) is 24.3 Å². The van der Waals surface area contributed by atoms with E-state index in [9.17, 15) is 14.4 Å². The first kappa shape index (κ1) is 26.9. The number of esters is 1. The van der Waals surface area contributed by atoms with Crippen LogP contribution in [0.3, 0.4) is 0 Å². The van der Waals surface area contributed by atoms with Gasteiger partial charge in [-0.25, -0.2) is 9.18 Å². The van der Waals surface area contributed by atoms with Gasteiger partial charge in [-0.05, 0) is 55.0 Å². The number of carbonyl (C=O) groups is 1. The number of allylic oxidation sites excluding steroid dienone is 1. The van der Waals surface area contributed by atoms with E-state index >= 15 is 0 Å². The minimum absolute atomic E-state index is 0.0323. The SMILES string of the molecule is Cc1c(C(=O)Oc2ccc3c(c2)OC(N)=C(C#N)C3c2ccc(OCc3ccccc3Cl)cc2)oc2ccc(F)cc12. The van der Waals surface area contributed by atoms with E-state index in [4.69, 9.17) is 36.0 Å². The molecule has 2 heterocycles. The average molecular weight is 581 g/mol. The molecular weight excluding hydrogens is 559 g/mol. The van der Waals surface area contributed by atoms with Crippen molar-refractivity contribution in [1.29, 1.82) is 5.26 Å². The number of aryl methyl sites for hydroxylation is 1. The number of nitrogens with zero attached hydrogens (tertiary/aromatic N) is 1. The first-order valence-electron chi connectivity index (χ1n) is 12.9. The van der Waals surface area contributed by atoms with E-state index < -0.39 is 17.7 Å². The van der Waals surface area contributed by atoms with Crippen molar-refractivity contribution in [2.75, 3.05) is 0 Å². The summed E-state index contributed by atoms with van der Waals surface area (Å²) in [5.41, 5.74) is 9.57. The lowest BCUT2D eigenvalue weighted by atomic mass is 9.83. The van der Waals surface area contributed by atoms with Crippen LogP contribution in [0.2, 0.25) is 5.02 Å². The molecule has 7 nitrogen and oxygen atoms in total. The van der Waals surface area contributed by atoms with Gasteiger partial charge in [-0.2, -0.15) is 5.26 Å². The summed E-state index contributed by atoms with van der Waals surface area (Å²) in [5, 5.41) is 11.0. The molecule has 0 saturated carbocycles. The standard InChI is InChI=1S/C33H22ClFN2O5/c1-18-25-14-21(35)8-13-28(25)41-31(18)33(38)40-23-11-12-24-29(15-23)42-32(37)26(16-36)30(24)19-6-9-22(10-7-19)39-17-20-4-2-3-5-27(20)34/h2-15,30H,17,37H2,1H3. The van der Waals surface area contributed by atoms with Crippen LogP contribution in [0.1, 0.15) is 38.7 Å². The summed E-state index contributed by atoms with van der Waals surface area (Å²) in [5.74, 6) is -0.632. The Balaban J connectivity index is 1.25. The number of hydrogen-bond acceptors (Lipinski definition) is 7. The summed E-state index contributed by atoms with van der Waals surface area (Å²) in [7, 11) is 0. The fourth-order valence-corrected chi connectivity index (χ4v) is 5.11. The molecule has 4 aromatic carbocycles. The molecule has 2 N–H and O–H groups in total. The summed E-state index contributed by atoms with van der Waals surface area (Å²) in [4.78, 5) is 13.0. The van der Waals surface area contributed by atoms with Gasteiger partial charge in [-0.3, -0.25) is 0 Å². The molecule has 1 aliphatic heterocycles. The number of benzene rings is 4. The lowest BCUT2D eigenvalue weighted by Gasteiger charge is -2.26. The maximum absolute atomic E-state index is 13.7. The van der Waals surface area contributed by atoms with Crippen LogP contribution in [0.4, 0.5) is 4.39 Å². The second-order valence-electron chi connectivity index (χ2n) is 9.66. The number of ether oxygens (including phenoxy) is 3. The molecule has 42 heavy (non-hydrogen) atoms. The Morgan fingerprint density at radius 1 is 1.05 bits per heavy atom. The van der Waals surface area contributed by atoms with Crippen molar-refractivity contribution in [2.45, 2.75) is 19.4 Å². The molecule has 5 aromatic rings. The number of nitriles is 1. The van der Waals surface area contributed by atoms with Crippen molar-refractivity contribution in [1.82, 2.24) is 0 Å². The van der Waals surface area contributed by atoms with Crippen LogP contribution < -0.4 is 19.9 Å². The number of halogens is 2. The van der Waals surface area contributed by atoms with Gasteiger partial charge in [-0.15, -0.1) is 0 Å². The van der Waals surface area contributed by atoms with Gasteiger partial charge in [0.15, 0.2) is 0 Å². The number of nitrogens with two attached hydrogens (primary N) is 1. The van der Waals surface area contributed by atoms with Gasteiger partial charge < -0.3 is 24.4 Å². The lowest BCUT2D eigenvalue weighted by Crippen LogP contribution is -2.21. The monoisotopic (exact) mass is 580 g/mol. The second kappa shape index (κ2) is 11.0. The maximum Gasteiger partial charge on any atom is 0.379 e.